The Morgan fingerprint density at radius 3 is 2.76 bits per heavy atom. The maximum atomic E-state index is 9.28. The van der Waals surface area contributed by atoms with E-state index in [9.17, 15) is 5.11 Å². The second-order valence-corrected chi connectivity index (χ2v) is 4.32. The van der Waals surface area contributed by atoms with Crippen molar-refractivity contribution in [2.24, 2.45) is 0 Å². The molecule has 0 amide bonds. The molecule has 0 aliphatic rings. The molecule has 0 aliphatic heterocycles. The smallest absolute Gasteiger partial charge is 0.163 e. The van der Waals surface area contributed by atoms with E-state index in [2.05, 4.69) is 36.2 Å². The van der Waals surface area contributed by atoms with E-state index in [-0.39, 0.29) is 6.61 Å². The predicted molar refractivity (Wildman–Crippen MR) is 65.9 cm³/mol. The molecule has 4 nitrogen and oxygen atoms in total. The number of aliphatic hydroxyl groups is 1. The molecular formula is C13H13N3O. The van der Waals surface area contributed by atoms with E-state index >= 15 is 0 Å². The largest absolute Gasteiger partial charge is 0.388 e. The van der Waals surface area contributed by atoms with E-state index in [0.717, 1.165) is 11.2 Å². The molecule has 4 heteroatoms. The fourth-order valence-corrected chi connectivity index (χ4v) is 2.22. The number of aliphatic hydroxyl groups excluding tert-OH is 1. The summed E-state index contributed by atoms with van der Waals surface area (Å²) in [5.74, 6) is 0.578. The van der Waals surface area contributed by atoms with Gasteiger partial charge in [-0.3, -0.25) is 4.40 Å². The summed E-state index contributed by atoms with van der Waals surface area (Å²) in [5.41, 5.74) is 4.22. The Morgan fingerprint density at radius 2 is 2.00 bits per heavy atom. The van der Waals surface area contributed by atoms with Crippen LogP contribution >= 0.6 is 0 Å². The number of nitrogens with zero attached hydrogens (tertiary/aromatic N) is 3. The van der Waals surface area contributed by atoms with Crippen LogP contribution in [0.15, 0.2) is 24.3 Å². The van der Waals surface area contributed by atoms with Crippen molar-refractivity contribution in [3.05, 3.63) is 41.2 Å². The van der Waals surface area contributed by atoms with Gasteiger partial charge in [-0.25, -0.2) is 0 Å². The first-order valence-electron chi connectivity index (χ1n) is 5.55. The Balaban J connectivity index is 2.56. The molecule has 1 aromatic carbocycles. The first kappa shape index (κ1) is 10.2. The van der Waals surface area contributed by atoms with Crippen LogP contribution in [0.3, 0.4) is 0 Å². The van der Waals surface area contributed by atoms with E-state index in [0.29, 0.717) is 5.82 Å². The van der Waals surface area contributed by atoms with Crippen molar-refractivity contribution in [1.82, 2.24) is 14.6 Å². The number of hydrogen-bond acceptors (Lipinski definition) is 3. The molecule has 0 saturated heterocycles. The second kappa shape index (κ2) is 3.53. The van der Waals surface area contributed by atoms with Crippen LogP contribution in [0.4, 0.5) is 0 Å². The van der Waals surface area contributed by atoms with Gasteiger partial charge in [-0.15, -0.1) is 10.2 Å². The molecule has 0 fully saturated rings. The second-order valence-electron chi connectivity index (χ2n) is 4.32. The van der Waals surface area contributed by atoms with Crippen LogP contribution in [0.1, 0.15) is 17.0 Å². The molecule has 0 unspecified atom stereocenters. The van der Waals surface area contributed by atoms with Crippen molar-refractivity contribution in [3.63, 3.8) is 0 Å². The van der Waals surface area contributed by atoms with Gasteiger partial charge in [0.05, 0.1) is 5.52 Å². The van der Waals surface area contributed by atoms with E-state index in [1.807, 2.05) is 16.5 Å². The Labute approximate surface area is 98.5 Å². The fourth-order valence-electron chi connectivity index (χ4n) is 2.22. The molecule has 3 rings (SSSR count). The van der Waals surface area contributed by atoms with Gasteiger partial charge in [-0.1, -0.05) is 11.6 Å². The molecule has 2 heterocycles. The van der Waals surface area contributed by atoms with Crippen LogP contribution < -0.4 is 0 Å². The molecule has 17 heavy (non-hydrogen) atoms. The Bertz CT molecular complexity index is 715. The lowest BCUT2D eigenvalue weighted by molar-refractivity contribution is 0.270. The monoisotopic (exact) mass is 227 g/mol. The van der Waals surface area contributed by atoms with Gasteiger partial charge in [0, 0.05) is 5.39 Å². The van der Waals surface area contributed by atoms with E-state index in [1.54, 1.807) is 0 Å². The van der Waals surface area contributed by atoms with Gasteiger partial charge < -0.3 is 5.11 Å². The summed E-state index contributed by atoms with van der Waals surface area (Å²) < 4.78 is 1.90. The molecule has 0 bridgehead atoms. The molecule has 0 aliphatic carbocycles. The van der Waals surface area contributed by atoms with Crippen LogP contribution in [0, 0.1) is 13.8 Å². The highest BCUT2D eigenvalue weighted by molar-refractivity contribution is 5.86. The van der Waals surface area contributed by atoms with Crippen molar-refractivity contribution in [2.75, 3.05) is 0 Å². The summed E-state index contributed by atoms with van der Waals surface area (Å²) in [6.07, 6.45) is 0. The van der Waals surface area contributed by atoms with Gasteiger partial charge in [-0.05, 0) is 37.6 Å². The van der Waals surface area contributed by atoms with Crippen molar-refractivity contribution in [1.29, 1.82) is 0 Å². The normalized spacial score (nSPS) is 11.5. The first-order chi connectivity index (χ1) is 8.20. The highest BCUT2D eigenvalue weighted by Gasteiger charge is 2.09. The van der Waals surface area contributed by atoms with Crippen LogP contribution in [0.25, 0.3) is 16.6 Å². The summed E-state index contributed by atoms with van der Waals surface area (Å²) in [7, 11) is 0. The first-order valence-corrected chi connectivity index (χ1v) is 5.55. The quantitative estimate of drug-likeness (QED) is 0.691. The van der Waals surface area contributed by atoms with Crippen molar-refractivity contribution in [2.45, 2.75) is 20.5 Å². The van der Waals surface area contributed by atoms with Gasteiger partial charge in [0.15, 0.2) is 11.5 Å². The standard InChI is InChI=1S/C13H13N3O/c1-8-3-4-11-10(5-8)9(2)6-12-14-15-13(7-17)16(11)12/h3-6,17H,7H2,1-2H3. The lowest BCUT2D eigenvalue weighted by Gasteiger charge is -2.07. The third kappa shape index (κ3) is 1.41. The summed E-state index contributed by atoms with van der Waals surface area (Å²) in [4.78, 5) is 0. The molecule has 0 saturated carbocycles. The van der Waals surface area contributed by atoms with Crippen LogP contribution in [0.5, 0.6) is 0 Å². The minimum atomic E-state index is -0.104. The molecule has 86 valence electrons. The van der Waals surface area contributed by atoms with Gasteiger partial charge in [0.2, 0.25) is 0 Å². The number of aryl methyl sites for hydroxylation is 2. The van der Waals surface area contributed by atoms with Crippen LogP contribution in [-0.4, -0.2) is 19.7 Å². The van der Waals surface area contributed by atoms with Crippen molar-refractivity contribution < 1.29 is 5.11 Å². The summed E-state index contributed by atoms with van der Waals surface area (Å²) in [6.45, 7) is 4.03. The summed E-state index contributed by atoms with van der Waals surface area (Å²) in [5, 5.41) is 18.5. The van der Waals surface area contributed by atoms with Gasteiger partial charge >= 0.3 is 0 Å². The summed E-state index contributed by atoms with van der Waals surface area (Å²) in [6, 6.07) is 8.24. The fraction of sp³-hybridized carbons (Fsp3) is 0.231. The number of aromatic nitrogens is 3. The van der Waals surface area contributed by atoms with Gasteiger partial charge in [0.1, 0.15) is 6.61 Å². The molecule has 2 aromatic heterocycles. The zero-order valence-corrected chi connectivity index (χ0v) is 9.81. The minimum absolute atomic E-state index is 0.104. The molecule has 0 spiro atoms. The zero-order valence-electron chi connectivity index (χ0n) is 9.81. The third-order valence-corrected chi connectivity index (χ3v) is 3.06. The average Bonchev–Trinajstić information content (AvgIpc) is 2.72. The van der Waals surface area contributed by atoms with Crippen molar-refractivity contribution in [3.8, 4) is 0 Å². The number of benzene rings is 1. The SMILES string of the molecule is Cc1ccc2c(c1)c(C)cc1nnc(CO)n12. The molecule has 0 atom stereocenters. The minimum Gasteiger partial charge on any atom is -0.388 e. The predicted octanol–water partition coefficient (Wildman–Crippen LogP) is 1.99. The Kier molecular flexibility index (Phi) is 2.12. The lowest BCUT2D eigenvalue weighted by Crippen LogP contribution is -1.97. The molecular weight excluding hydrogens is 214 g/mol. The number of pyridine rings is 1. The molecule has 3 aromatic rings. The average molecular weight is 227 g/mol. The van der Waals surface area contributed by atoms with Crippen LogP contribution in [-0.2, 0) is 6.61 Å². The highest BCUT2D eigenvalue weighted by Crippen LogP contribution is 2.22. The maximum absolute atomic E-state index is 9.28. The number of rotatable bonds is 1. The Hall–Kier alpha value is -1.94. The van der Waals surface area contributed by atoms with Crippen molar-refractivity contribution >= 4 is 16.6 Å². The highest BCUT2D eigenvalue weighted by atomic mass is 16.3. The molecule has 0 radical (unpaired) electrons. The maximum Gasteiger partial charge on any atom is 0.163 e. The third-order valence-electron chi connectivity index (χ3n) is 3.06. The van der Waals surface area contributed by atoms with E-state index in [1.165, 1.54) is 16.5 Å². The topological polar surface area (TPSA) is 50.4 Å². The number of fused-ring (bicyclic) bond motifs is 3. The zero-order chi connectivity index (χ0) is 12.0. The number of hydrogen-bond donors (Lipinski definition) is 1. The van der Waals surface area contributed by atoms with Crippen LogP contribution in [0.2, 0.25) is 0 Å². The van der Waals surface area contributed by atoms with E-state index in [4.69, 9.17) is 0 Å². The molecule has 1 N–H and O–H groups in total. The van der Waals surface area contributed by atoms with E-state index < -0.39 is 0 Å². The lowest BCUT2D eigenvalue weighted by atomic mass is 10.1. The summed E-state index contributed by atoms with van der Waals surface area (Å²) >= 11 is 0. The van der Waals surface area contributed by atoms with Gasteiger partial charge in [0.25, 0.3) is 0 Å². The van der Waals surface area contributed by atoms with Gasteiger partial charge in [-0.2, -0.15) is 0 Å². The Morgan fingerprint density at radius 1 is 1.18 bits per heavy atom.